The van der Waals surface area contributed by atoms with Gasteiger partial charge in [-0.15, -0.1) is 0 Å². The summed E-state index contributed by atoms with van der Waals surface area (Å²) in [7, 11) is 0. The van der Waals surface area contributed by atoms with Gasteiger partial charge in [-0.25, -0.2) is 0 Å². The molecule has 16 heavy (non-hydrogen) atoms. The van der Waals surface area contributed by atoms with E-state index >= 15 is 0 Å². The van der Waals surface area contributed by atoms with E-state index in [1.807, 2.05) is 4.90 Å². The Balaban J connectivity index is 1.88. The first-order valence-corrected chi connectivity index (χ1v) is 6.23. The molecule has 2 aliphatic rings. The van der Waals surface area contributed by atoms with E-state index in [9.17, 15) is 9.59 Å². The Hall–Kier alpha value is -1.06. The molecular weight excluding hydrogens is 204 g/mol. The first-order valence-electron chi connectivity index (χ1n) is 6.23. The average Bonchev–Trinajstić information content (AvgIpc) is 2.78. The van der Waals surface area contributed by atoms with Gasteiger partial charge in [-0.2, -0.15) is 0 Å². The third-order valence-electron chi connectivity index (χ3n) is 3.65. The third-order valence-corrected chi connectivity index (χ3v) is 3.65. The summed E-state index contributed by atoms with van der Waals surface area (Å²) >= 11 is 0. The first kappa shape index (κ1) is 11.4. The molecule has 1 atom stereocenters. The zero-order valence-corrected chi connectivity index (χ0v) is 9.95. The molecule has 0 aromatic rings. The summed E-state index contributed by atoms with van der Waals surface area (Å²) in [5, 5.41) is 0. The van der Waals surface area contributed by atoms with Crippen LogP contribution in [0.1, 0.15) is 32.6 Å². The molecule has 0 aromatic heterocycles. The molecule has 0 aliphatic carbocycles. The molecule has 2 saturated heterocycles. The maximum Gasteiger partial charge on any atom is 0.227 e. The number of hydrogen-bond donors (Lipinski definition) is 0. The van der Waals surface area contributed by atoms with Crippen molar-refractivity contribution < 1.29 is 9.59 Å². The van der Waals surface area contributed by atoms with E-state index in [-0.39, 0.29) is 17.7 Å². The Bertz CT molecular complexity index is 285. The molecule has 0 saturated carbocycles. The van der Waals surface area contributed by atoms with Crippen LogP contribution in [-0.4, -0.2) is 47.8 Å². The van der Waals surface area contributed by atoms with Crippen LogP contribution < -0.4 is 0 Å². The van der Waals surface area contributed by atoms with E-state index in [0.29, 0.717) is 6.54 Å². The van der Waals surface area contributed by atoms with Crippen molar-refractivity contribution in [1.29, 1.82) is 0 Å². The lowest BCUT2D eigenvalue weighted by Crippen LogP contribution is -2.40. The van der Waals surface area contributed by atoms with E-state index < -0.39 is 0 Å². The van der Waals surface area contributed by atoms with Gasteiger partial charge < -0.3 is 9.80 Å². The van der Waals surface area contributed by atoms with Crippen LogP contribution in [0.2, 0.25) is 0 Å². The highest BCUT2D eigenvalue weighted by Gasteiger charge is 2.32. The molecule has 90 valence electrons. The van der Waals surface area contributed by atoms with Crippen LogP contribution in [-0.2, 0) is 9.59 Å². The zero-order valence-electron chi connectivity index (χ0n) is 9.95. The van der Waals surface area contributed by atoms with E-state index in [0.717, 1.165) is 38.9 Å². The van der Waals surface area contributed by atoms with Gasteiger partial charge in [0.2, 0.25) is 11.8 Å². The van der Waals surface area contributed by atoms with Gasteiger partial charge in [0.05, 0.1) is 5.92 Å². The van der Waals surface area contributed by atoms with Crippen LogP contribution in [0.15, 0.2) is 0 Å². The van der Waals surface area contributed by atoms with Gasteiger partial charge in [0.25, 0.3) is 0 Å². The molecule has 2 heterocycles. The Morgan fingerprint density at radius 1 is 1.00 bits per heavy atom. The van der Waals surface area contributed by atoms with Gasteiger partial charge in [-0.1, -0.05) is 0 Å². The molecule has 2 rings (SSSR count). The van der Waals surface area contributed by atoms with Crippen molar-refractivity contribution in [3.63, 3.8) is 0 Å². The van der Waals surface area contributed by atoms with Crippen LogP contribution in [0, 0.1) is 5.92 Å². The summed E-state index contributed by atoms with van der Waals surface area (Å²) in [5.41, 5.74) is 0. The van der Waals surface area contributed by atoms with Crippen molar-refractivity contribution >= 4 is 11.8 Å². The van der Waals surface area contributed by atoms with Crippen LogP contribution in [0.4, 0.5) is 0 Å². The predicted octanol–water partition coefficient (Wildman–Crippen LogP) is 0.867. The fourth-order valence-electron chi connectivity index (χ4n) is 2.62. The standard InChI is InChI=1S/C12H20N2O2/c1-10(15)14-8-5-11(9-14)12(16)13-6-3-2-4-7-13/h11H,2-9H2,1H3/t11-/m1/s1. The molecule has 0 aromatic carbocycles. The Kier molecular flexibility index (Phi) is 3.46. The molecule has 2 aliphatic heterocycles. The summed E-state index contributed by atoms with van der Waals surface area (Å²) in [4.78, 5) is 27.1. The highest BCUT2D eigenvalue weighted by Crippen LogP contribution is 2.20. The molecule has 0 N–H and O–H groups in total. The number of carbonyl (C=O) groups is 2. The number of carbonyl (C=O) groups excluding carboxylic acids is 2. The maximum atomic E-state index is 12.2. The minimum Gasteiger partial charge on any atom is -0.342 e. The SMILES string of the molecule is CC(=O)N1CC[C@@H](C(=O)N2CCCCC2)C1. The van der Waals surface area contributed by atoms with Crippen molar-refractivity contribution in [1.82, 2.24) is 9.80 Å². The number of piperidine rings is 1. The largest absolute Gasteiger partial charge is 0.342 e. The maximum absolute atomic E-state index is 12.2. The predicted molar refractivity (Wildman–Crippen MR) is 60.8 cm³/mol. The smallest absolute Gasteiger partial charge is 0.227 e. The van der Waals surface area contributed by atoms with E-state index in [2.05, 4.69) is 0 Å². The van der Waals surface area contributed by atoms with Gasteiger partial charge in [0, 0.05) is 33.1 Å². The topological polar surface area (TPSA) is 40.6 Å². The third kappa shape index (κ3) is 2.36. The van der Waals surface area contributed by atoms with Crippen LogP contribution >= 0.6 is 0 Å². The minimum atomic E-state index is 0.0574. The summed E-state index contributed by atoms with van der Waals surface area (Å²) in [6.45, 7) is 4.78. The van der Waals surface area contributed by atoms with Gasteiger partial charge in [0.1, 0.15) is 0 Å². The molecular formula is C12H20N2O2. The number of likely N-dealkylation sites (tertiary alicyclic amines) is 2. The monoisotopic (exact) mass is 224 g/mol. The normalized spacial score (nSPS) is 25.9. The lowest BCUT2D eigenvalue weighted by molar-refractivity contribution is -0.136. The summed E-state index contributed by atoms with van der Waals surface area (Å²) in [5.74, 6) is 0.416. The Morgan fingerprint density at radius 3 is 2.25 bits per heavy atom. The van der Waals surface area contributed by atoms with Gasteiger partial charge >= 0.3 is 0 Å². The van der Waals surface area contributed by atoms with Crippen molar-refractivity contribution in [2.75, 3.05) is 26.2 Å². The number of rotatable bonds is 1. The lowest BCUT2D eigenvalue weighted by atomic mass is 10.0. The van der Waals surface area contributed by atoms with Gasteiger partial charge in [0.15, 0.2) is 0 Å². The number of hydrogen-bond acceptors (Lipinski definition) is 2. The van der Waals surface area contributed by atoms with Crippen molar-refractivity contribution in [3.8, 4) is 0 Å². The lowest BCUT2D eigenvalue weighted by Gasteiger charge is -2.29. The molecule has 0 bridgehead atoms. The van der Waals surface area contributed by atoms with E-state index in [4.69, 9.17) is 0 Å². The second kappa shape index (κ2) is 4.85. The van der Waals surface area contributed by atoms with Crippen LogP contribution in [0.5, 0.6) is 0 Å². The van der Waals surface area contributed by atoms with Crippen molar-refractivity contribution in [2.24, 2.45) is 5.92 Å². The summed E-state index contributed by atoms with van der Waals surface area (Å²) in [6.07, 6.45) is 4.35. The van der Waals surface area contributed by atoms with Crippen LogP contribution in [0.25, 0.3) is 0 Å². The highest BCUT2D eigenvalue weighted by molar-refractivity contribution is 5.81. The summed E-state index contributed by atoms with van der Waals surface area (Å²) < 4.78 is 0. The zero-order chi connectivity index (χ0) is 11.5. The highest BCUT2D eigenvalue weighted by atomic mass is 16.2. The fourth-order valence-corrected chi connectivity index (χ4v) is 2.62. The van der Waals surface area contributed by atoms with Gasteiger partial charge in [-0.05, 0) is 25.7 Å². The van der Waals surface area contributed by atoms with E-state index in [1.165, 1.54) is 6.42 Å². The molecule has 2 amide bonds. The van der Waals surface area contributed by atoms with Gasteiger partial charge in [-0.3, -0.25) is 9.59 Å². The number of amides is 2. The molecule has 4 nitrogen and oxygen atoms in total. The second-order valence-corrected chi connectivity index (χ2v) is 4.84. The Labute approximate surface area is 96.6 Å². The molecule has 0 unspecified atom stereocenters. The van der Waals surface area contributed by atoms with E-state index in [1.54, 1.807) is 11.8 Å². The minimum absolute atomic E-state index is 0.0574. The second-order valence-electron chi connectivity index (χ2n) is 4.84. The Morgan fingerprint density at radius 2 is 1.69 bits per heavy atom. The van der Waals surface area contributed by atoms with Crippen molar-refractivity contribution in [3.05, 3.63) is 0 Å². The molecule has 0 spiro atoms. The molecule has 2 fully saturated rings. The number of nitrogens with zero attached hydrogens (tertiary/aromatic N) is 2. The molecule has 4 heteroatoms. The van der Waals surface area contributed by atoms with Crippen LogP contribution in [0.3, 0.4) is 0 Å². The summed E-state index contributed by atoms with van der Waals surface area (Å²) in [6, 6.07) is 0. The average molecular weight is 224 g/mol. The van der Waals surface area contributed by atoms with Crippen molar-refractivity contribution in [2.45, 2.75) is 32.6 Å². The molecule has 0 radical (unpaired) electrons. The fraction of sp³-hybridized carbons (Fsp3) is 0.833. The first-order chi connectivity index (χ1) is 7.68. The quantitative estimate of drug-likeness (QED) is 0.663.